The predicted molar refractivity (Wildman–Crippen MR) is 82.3 cm³/mol. The van der Waals surface area contributed by atoms with E-state index in [0.717, 1.165) is 18.4 Å². The van der Waals surface area contributed by atoms with Crippen molar-refractivity contribution in [2.75, 3.05) is 0 Å². The van der Waals surface area contributed by atoms with Gasteiger partial charge in [0.2, 0.25) is 5.91 Å². The molecule has 2 nitrogen and oxygen atoms in total. The summed E-state index contributed by atoms with van der Waals surface area (Å²) in [6.45, 7) is 2.05. The van der Waals surface area contributed by atoms with Gasteiger partial charge < -0.3 is 4.90 Å². The maximum absolute atomic E-state index is 12.6. The number of carbonyl (C=O) groups excluding carboxylic acids is 1. The fourth-order valence-corrected chi connectivity index (χ4v) is 3.22. The first-order valence-corrected chi connectivity index (χ1v) is 7.99. The summed E-state index contributed by atoms with van der Waals surface area (Å²) in [7, 11) is 0. The molecule has 108 valence electrons. The Morgan fingerprint density at radius 2 is 1.85 bits per heavy atom. The quantitative estimate of drug-likeness (QED) is 0.739. The van der Waals surface area contributed by atoms with Crippen LogP contribution in [0.1, 0.15) is 37.8 Å². The number of benzene rings is 1. The van der Waals surface area contributed by atoms with E-state index in [1.54, 1.807) is 0 Å². The molecule has 0 N–H and O–H groups in total. The van der Waals surface area contributed by atoms with Gasteiger partial charge in [0.05, 0.1) is 12.0 Å². The van der Waals surface area contributed by atoms with Gasteiger partial charge >= 0.3 is 0 Å². The molecular weight excluding hydrogens is 317 g/mol. The Morgan fingerprint density at radius 3 is 2.30 bits per heavy atom. The van der Waals surface area contributed by atoms with Crippen LogP contribution in [0.2, 0.25) is 5.02 Å². The molecule has 1 aromatic carbocycles. The average Bonchev–Trinajstić information content (AvgIpc) is 3.28. The summed E-state index contributed by atoms with van der Waals surface area (Å²) < 4.78 is -0.857. The fraction of sp³-hybridized carbons (Fsp3) is 0.533. The topological polar surface area (TPSA) is 20.3 Å². The molecule has 0 saturated heterocycles. The van der Waals surface area contributed by atoms with Crippen molar-refractivity contribution >= 4 is 40.7 Å². The summed E-state index contributed by atoms with van der Waals surface area (Å²) in [5.41, 5.74) is 1.09. The lowest BCUT2D eigenvalue weighted by atomic mass is 10.1. The maximum atomic E-state index is 12.6. The second-order valence-electron chi connectivity index (χ2n) is 5.72. The molecule has 5 heteroatoms. The molecule has 1 aromatic rings. The van der Waals surface area contributed by atoms with E-state index in [1.165, 1.54) is 0 Å². The highest BCUT2D eigenvalue weighted by Gasteiger charge is 2.59. The summed E-state index contributed by atoms with van der Waals surface area (Å²) in [6, 6.07) is 8.00. The van der Waals surface area contributed by atoms with Crippen LogP contribution < -0.4 is 0 Å². The van der Waals surface area contributed by atoms with E-state index >= 15 is 0 Å². The van der Waals surface area contributed by atoms with Crippen molar-refractivity contribution in [2.45, 2.75) is 42.6 Å². The summed E-state index contributed by atoms with van der Waals surface area (Å²) in [6.07, 6.45) is 2.69. The molecule has 2 unspecified atom stereocenters. The highest BCUT2D eigenvalue weighted by Crippen LogP contribution is 2.55. The van der Waals surface area contributed by atoms with Gasteiger partial charge in [-0.15, -0.1) is 23.2 Å². The Hall–Kier alpha value is -0.440. The minimum absolute atomic E-state index is 0.0250. The predicted octanol–water partition coefficient (Wildman–Crippen LogP) is 4.59. The molecule has 0 bridgehead atoms. The average molecular weight is 333 g/mol. The van der Waals surface area contributed by atoms with E-state index in [4.69, 9.17) is 34.8 Å². The van der Waals surface area contributed by atoms with Crippen molar-refractivity contribution in [3.05, 3.63) is 34.9 Å². The minimum atomic E-state index is -0.857. The van der Waals surface area contributed by atoms with Crippen LogP contribution >= 0.6 is 34.8 Å². The third-order valence-corrected chi connectivity index (χ3v) is 5.18. The van der Waals surface area contributed by atoms with E-state index in [0.29, 0.717) is 17.5 Å². The molecule has 0 heterocycles. The van der Waals surface area contributed by atoms with Gasteiger partial charge in [0.1, 0.15) is 4.33 Å². The molecule has 0 spiro atoms. The van der Waals surface area contributed by atoms with E-state index in [-0.39, 0.29) is 17.9 Å². The van der Waals surface area contributed by atoms with E-state index in [2.05, 4.69) is 0 Å². The molecule has 20 heavy (non-hydrogen) atoms. The first-order chi connectivity index (χ1) is 9.40. The smallest absolute Gasteiger partial charge is 0.229 e. The summed E-state index contributed by atoms with van der Waals surface area (Å²) >= 11 is 18.0. The molecule has 2 fully saturated rings. The first-order valence-electron chi connectivity index (χ1n) is 6.85. The Labute approximate surface area is 134 Å². The van der Waals surface area contributed by atoms with Crippen LogP contribution in [0.25, 0.3) is 0 Å². The van der Waals surface area contributed by atoms with Gasteiger partial charge in [-0.05, 0) is 43.9 Å². The van der Waals surface area contributed by atoms with Crippen molar-refractivity contribution in [2.24, 2.45) is 5.92 Å². The molecule has 2 atom stereocenters. The van der Waals surface area contributed by atoms with Gasteiger partial charge in [-0.2, -0.15) is 0 Å². The number of nitrogens with zero attached hydrogens (tertiary/aromatic N) is 1. The minimum Gasteiger partial charge on any atom is -0.333 e. The molecule has 0 aliphatic heterocycles. The molecule has 1 amide bonds. The van der Waals surface area contributed by atoms with Crippen molar-refractivity contribution in [1.82, 2.24) is 4.90 Å². The number of carbonyl (C=O) groups is 1. The van der Waals surface area contributed by atoms with E-state index < -0.39 is 4.33 Å². The molecule has 2 aliphatic carbocycles. The number of hydrogen-bond acceptors (Lipinski definition) is 1. The summed E-state index contributed by atoms with van der Waals surface area (Å²) in [4.78, 5) is 14.6. The van der Waals surface area contributed by atoms with Crippen molar-refractivity contribution in [3.8, 4) is 0 Å². The Balaban J connectivity index is 1.80. The maximum Gasteiger partial charge on any atom is 0.229 e. The van der Waals surface area contributed by atoms with Crippen LogP contribution in [0.15, 0.2) is 24.3 Å². The monoisotopic (exact) mass is 331 g/mol. The van der Waals surface area contributed by atoms with Crippen LogP contribution in [-0.4, -0.2) is 21.2 Å². The Bertz CT molecular complexity index is 524. The third kappa shape index (κ3) is 2.79. The second kappa shape index (κ2) is 5.08. The summed E-state index contributed by atoms with van der Waals surface area (Å²) in [5, 5.41) is 0.702. The molecule has 3 rings (SSSR count). The van der Waals surface area contributed by atoms with Gasteiger partial charge in [0.25, 0.3) is 0 Å². The lowest BCUT2D eigenvalue weighted by Gasteiger charge is -2.30. The van der Waals surface area contributed by atoms with Crippen molar-refractivity contribution < 1.29 is 4.79 Å². The van der Waals surface area contributed by atoms with Crippen molar-refractivity contribution in [3.63, 3.8) is 0 Å². The lowest BCUT2D eigenvalue weighted by molar-refractivity contribution is -0.135. The molecular formula is C15H16Cl3NO. The third-order valence-electron chi connectivity index (χ3n) is 4.09. The van der Waals surface area contributed by atoms with Crippen LogP contribution in [0.4, 0.5) is 0 Å². The molecule has 2 saturated carbocycles. The summed E-state index contributed by atoms with van der Waals surface area (Å²) in [5.74, 6) is -0.166. The number of hydrogen-bond donors (Lipinski definition) is 0. The number of halogens is 3. The zero-order valence-electron chi connectivity index (χ0n) is 11.2. The fourth-order valence-electron chi connectivity index (χ4n) is 2.60. The molecule has 2 aliphatic rings. The Morgan fingerprint density at radius 1 is 1.30 bits per heavy atom. The van der Waals surface area contributed by atoms with Crippen LogP contribution in [0.5, 0.6) is 0 Å². The largest absolute Gasteiger partial charge is 0.333 e. The molecule has 0 radical (unpaired) electrons. The van der Waals surface area contributed by atoms with E-state index in [1.807, 2.05) is 36.1 Å². The zero-order chi connectivity index (χ0) is 14.5. The van der Waals surface area contributed by atoms with Gasteiger partial charge in [-0.25, -0.2) is 0 Å². The number of amides is 1. The van der Waals surface area contributed by atoms with E-state index in [9.17, 15) is 4.79 Å². The SMILES string of the molecule is CC(c1ccc(Cl)cc1)N(C(=O)C1CC1(Cl)Cl)C1CC1. The zero-order valence-corrected chi connectivity index (χ0v) is 13.4. The second-order valence-corrected chi connectivity index (χ2v) is 7.70. The normalized spacial score (nSPS) is 25.1. The highest BCUT2D eigenvalue weighted by molar-refractivity contribution is 6.52. The standard InChI is InChI=1S/C15H16Cl3NO/c1-9(10-2-4-11(16)5-3-10)19(12-6-7-12)14(20)13-8-15(13,17)18/h2-5,9,12-13H,6-8H2,1H3. The van der Waals surface area contributed by atoms with Gasteiger partial charge in [-0.3, -0.25) is 4.79 Å². The first kappa shape index (κ1) is 14.5. The van der Waals surface area contributed by atoms with Crippen LogP contribution in [-0.2, 0) is 4.79 Å². The van der Waals surface area contributed by atoms with Crippen LogP contribution in [0, 0.1) is 5.92 Å². The lowest BCUT2D eigenvalue weighted by Crippen LogP contribution is -2.37. The number of rotatable bonds is 4. The highest BCUT2D eigenvalue weighted by atomic mass is 35.5. The Kier molecular flexibility index (Phi) is 3.68. The van der Waals surface area contributed by atoms with Gasteiger partial charge in [0.15, 0.2) is 0 Å². The molecule has 0 aromatic heterocycles. The van der Waals surface area contributed by atoms with Crippen LogP contribution in [0.3, 0.4) is 0 Å². The van der Waals surface area contributed by atoms with Crippen molar-refractivity contribution in [1.29, 1.82) is 0 Å². The number of alkyl halides is 2. The van der Waals surface area contributed by atoms with Gasteiger partial charge in [0, 0.05) is 11.1 Å². The van der Waals surface area contributed by atoms with Gasteiger partial charge in [-0.1, -0.05) is 23.7 Å².